The highest BCUT2D eigenvalue weighted by atomic mass is 35.5. The number of anilines is 1. The summed E-state index contributed by atoms with van der Waals surface area (Å²) in [6.07, 6.45) is 5.35. The molecule has 0 bridgehead atoms. The average molecular weight is 285 g/mol. The minimum atomic E-state index is -0.126. The van der Waals surface area contributed by atoms with E-state index in [1.165, 1.54) is 0 Å². The minimum absolute atomic E-state index is 0.126. The van der Waals surface area contributed by atoms with Crippen molar-refractivity contribution in [1.29, 1.82) is 0 Å². The monoisotopic (exact) mass is 284 g/mol. The number of carbonyl (C=O) groups is 1. The Morgan fingerprint density at radius 3 is 2.94 bits per heavy atom. The van der Waals surface area contributed by atoms with Gasteiger partial charge in [0.2, 0.25) is 0 Å². The number of thioether (sulfide) groups is 1. The number of nitrogen functional groups attached to an aromatic ring is 1. The van der Waals surface area contributed by atoms with Crippen LogP contribution in [0.15, 0.2) is 18.2 Å². The lowest BCUT2D eigenvalue weighted by molar-refractivity contribution is 0.0938. The van der Waals surface area contributed by atoms with Gasteiger partial charge in [-0.1, -0.05) is 11.6 Å². The molecule has 1 aromatic carbocycles. The zero-order chi connectivity index (χ0) is 13.1. The van der Waals surface area contributed by atoms with Gasteiger partial charge in [0.25, 0.3) is 5.91 Å². The summed E-state index contributed by atoms with van der Waals surface area (Å²) in [5.74, 6) is -0.126. The Balaban J connectivity index is 2.02. The van der Waals surface area contributed by atoms with Gasteiger partial charge in [0.15, 0.2) is 0 Å². The first kappa shape index (κ1) is 13.6. The van der Waals surface area contributed by atoms with Crippen molar-refractivity contribution >= 4 is 35.0 Å². The number of hydrogen-bond acceptors (Lipinski definition) is 3. The van der Waals surface area contributed by atoms with Gasteiger partial charge in [-0.25, -0.2) is 0 Å². The van der Waals surface area contributed by atoms with Crippen LogP contribution in [0.25, 0.3) is 0 Å². The van der Waals surface area contributed by atoms with E-state index in [1.54, 1.807) is 18.2 Å². The van der Waals surface area contributed by atoms with Crippen molar-refractivity contribution in [2.24, 2.45) is 0 Å². The summed E-state index contributed by atoms with van der Waals surface area (Å²) in [5, 5.41) is 4.14. The predicted molar refractivity (Wildman–Crippen MR) is 78.3 cm³/mol. The quantitative estimate of drug-likeness (QED) is 0.839. The van der Waals surface area contributed by atoms with Crippen LogP contribution in [0.1, 0.15) is 29.6 Å². The molecule has 3 nitrogen and oxygen atoms in total. The summed E-state index contributed by atoms with van der Waals surface area (Å²) in [6, 6.07) is 5.23. The number of carbonyl (C=O) groups excluding carboxylic acids is 1. The third kappa shape index (κ3) is 3.12. The molecule has 0 spiro atoms. The van der Waals surface area contributed by atoms with E-state index in [2.05, 4.69) is 11.6 Å². The molecule has 1 amide bonds. The summed E-state index contributed by atoms with van der Waals surface area (Å²) in [7, 11) is 0. The number of amides is 1. The van der Waals surface area contributed by atoms with Gasteiger partial charge in [0.1, 0.15) is 0 Å². The molecular weight excluding hydrogens is 268 g/mol. The lowest BCUT2D eigenvalue weighted by atomic mass is 10.1. The molecule has 3 N–H and O–H groups in total. The minimum Gasteiger partial charge on any atom is -0.399 e. The van der Waals surface area contributed by atoms with Crippen LogP contribution in [0.4, 0.5) is 5.69 Å². The van der Waals surface area contributed by atoms with Crippen LogP contribution in [0.5, 0.6) is 0 Å². The van der Waals surface area contributed by atoms with E-state index in [4.69, 9.17) is 17.3 Å². The number of benzene rings is 1. The van der Waals surface area contributed by atoms with Gasteiger partial charge in [0, 0.05) is 17.0 Å². The molecule has 2 rings (SSSR count). The predicted octanol–water partition coefficient (Wildman–Crippen LogP) is 2.94. The first-order valence-electron chi connectivity index (χ1n) is 5.99. The van der Waals surface area contributed by atoms with Gasteiger partial charge >= 0.3 is 0 Å². The molecule has 1 saturated carbocycles. The number of hydrogen-bond donors (Lipinski definition) is 2. The lowest BCUT2D eigenvalue weighted by Crippen LogP contribution is -2.33. The normalized spacial score (nSPS) is 23.0. The maximum atomic E-state index is 12.1. The second kappa shape index (κ2) is 5.85. The molecule has 0 saturated heterocycles. The average Bonchev–Trinajstić information content (AvgIpc) is 2.80. The van der Waals surface area contributed by atoms with Gasteiger partial charge < -0.3 is 11.1 Å². The van der Waals surface area contributed by atoms with Crippen molar-refractivity contribution < 1.29 is 4.79 Å². The molecule has 1 fully saturated rings. The SMILES string of the molecule is CSC1CCC(NC(=O)c2cc(N)ccc2Cl)C1. The van der Waals surface area contributed by atoms with E-state index in [0.29, 0.717) is 21.5 Å². The third-order valence-electron chi connectivity index (χ3n) is 3.29. The van der Waals surface area contributed by atoms with Gasteiger partial charge in [0.05, 0.1) is 10.6 Å². The molecule has 1 aliphatic carbocycles. The summed E-state index contributed by atoms with van der Waals surface area (Å²) in [5.41, 5.74) is 6.69. The second-order valence-corrected chi connectivity index (χ2v) is 6.13. The van der Waals surface area contributed by atoms with E-state index >= 15 is 0 Å². The van der Waals surface area contributed by atoms with E-state index in [9.17, 15) is 4.79 Å². The molecule has 5 heteroatoms. The summed E-state index contributed by atoms with van der Waals surface area (Å²) in [6.45, 7) is 0. The molecule has 98 valence electrons. The van der Waals surface area contributed by atoms with Gasteiger partial charge in [-0.2, -0.15) is 11.8 Å². The Labute approximate surface area is 116 Å². The van der Waals surface area contributed by atoms with Crippen LogP contribution in [0.2, 0.25) is 5.02 Å². The fourth-order valence-electron chi connectivity index (χ4n) is 2.27. The van der Waals surface area contributed by atoms with Crippen LogP contribution in [0.3, 0.4) is 0 Å². The Morgan fingerprint density at radius 1 is 1.50 bits per heavy atom. The molecule has 2 atom stereocenters. The molecule has 18 heavy (non-hydrogen) atoms. The number of nitrogens with one attached hydrogen (secondary N) is 1. The van der Waals surface area contributed by atoms with E-state index in [0.717, 1.165) is 19.3 Å². The molecule has 0 aromatic heterocycles. The van der Waals surface area contributed by atoms with Crippen molar-refractivity contribution in [3.05, 3.63) is 28.8 Å². The Bertz CT molecular complexity index is 453. The Morgan fingerprint density at radius 2 is 2.28 bits per heavy atom. The van der Waals surface area contributed by atoms with Crippen molar-refractivity contribution in [3.63, 3.8) is 0 Å². The third-order valence-corrected chi connectivity index (χ3v) is 4.71. The van der Waals surface area contributed by atoms with Crippen LogP contribution in [-0.4, -0.2) is 23.5 Å². The van der Waals surface area contributed by atoms with Crippen molar-refractivity contribution in [2.75, 3.05) is 12.0 Å². The van der Waals surface area contributed by atoms with Crippen LogP contribution in [0, 0.1) is 0 Å². The highest BCUT2D eigenvalue weighted by Gasteiger charge is 2.25. The Hall–Kier alpha value is -0.870. The van der Waals surface area contributed by atoms with E-state index in [-0.39, 0.29) is 11.9 Å². The largest absolute Gasteiger partial charge is 0.399 e. The van der Waals surface area contributed by atoms with Crippen LogP contribution >= 0.6 is 23.4 Å². The maximum absolute atomic E-state index is 12.1. The molecule has 2 unspecified atom stereocenters. The number of nitrogens with two attached hydrogens (primary N) is 1. The molecule has 1 aromatic rings. The first-order chi connectivity index (χ1) is 8.60. The van der Waals surface area contributed by atoms with Crippen LogP contribution < -0.4 is 11.1 Å². The topological polar surface area (TPSA) is 55.1 Å². The number of halogens is 1. The molecule has 0 heterocycles. The Kier molecular flexibility index (Phi) is 4.40. The first-order valence-corrected chi connectivity index (χ1v) is 7.65. The zero-order valence-electron chi connectivity index (χ0n) is 10.3. The fourth-order valence-corrected chi connectivity index (χ4v) is 3.27. The van der Waals surface area contributed by atoms with Crippen molar-refractivity contribution in [1.82, 2.24) is 5.32 Å². The smallest absolute Gasteiger partial charge is 0.253 e. The highest BCUT2D eigenvalue weighted by molar-refractivity contribution is 7.99. The summed E-state index contributed by atoms with van der Waals surface area (Å²) >= 11 is 7.88. The van der Waals surface area contributed by atoms with Gasteiger partial charge in [-0.05, 0) is 43.7 Å². The van der Waals surface area contributed by atoms with Crippen molar-refractivity contribution in [3.8, 4) is 0 Å². The lowest BCUT2D eigenvalue weighted by Gasteiger charge is -2.13. The molecule has 0 aliphatic heterocycles. The molecular formula is C13H17ClN2OS. The molecule has 1 aliphatic rings. The van der Waals surface area contributed by atoms with Crippen molar-refractivity contribution in [2.45, 2.75) is 30.6 Å². The van der Waals surface area contributed by atoms with Gasteiger partial charge in [-0.15, -0.1) is 0 Å². The van der Waals surface area contributed by atoms with E-state index in [1.807, 2.05) is 11.8 Å². The summed E-state index contributed by atoms with van der Waals surface area (Å²) < 4.78 is 0. The fraction of sp³-hybridized carbons (Fsp3) is 0.462. The van der Waals surface area contributed by atoms with Gasteiger partial charge in [-0.3, -0.25) is 4.79 Å². The maximum Gasteiger partial charge on any atom is 0.253 e. The van der Waals surface area contributed by atoms with E-state index < -0.39 is 0 Å². The van der Waals surface area contributed by atoms with Crippen LogP contribution in [-0.2, 0) is 0 Å². The molecule has 0 radical (unpaired) electrons. The highest BCUT2D eigenvalue weighted by Crippen LogP contribution is 2.28. The zero-order valence-corrected chi connectivity index (χ0v) is 11.9. The second-order valence-electron chi connectivity index (χ2n) is 4.58. The number of rotatable bonds is 3. The summed E-state index contributed by atoms with van der Waals surface area (Å²) in [4.78, 5) is 12.1. The standard InChI is InChI=1S/C13H17ClN2OS/c1-18-10-4-3-9(7-10)16-13(17)11-6-8(15)2-5-12(11)14/h2,5-6,9-10H,3-4,7,15H2,1H3,(H,16,17).